The minimum atomic E-state index is -0.00728. The quantitative estimate of drug-likeness (QED) is 0.713. The number of hydrogen-bond acceptors (Lipinski definition) is 4. The summed E-state index contributed by atoms with van der Waals surface area (Å²) in [6.45, 7) is 4.23. The zero-order valence-corrected chi connectivity index (χ0v) is 14.7. The maximum absolute atomic E-state index is 12.3. The minimum absolute atomic E-state index is 0.00728. The third-order valence-corrected chi connectivity index (χ3v) is 5.61. The number of amides is 1. The molecule has 4 rings (SSSR count). The Labute approximate surface area is 151 Å². The average Bonchev–Trinajstić information content (AvgIpc) is 3.35. The van der Waals surface area contributed by atoms with Crippen molar-refractivity contribution >= 4 is 17.2 Å². The first-order valence-corrected chi connectivity index (χ1v) is 9.30. The molecule has 0 bridgehead atoms. The molecule has 128 valence electrons. The highest BCUT2D eigenvalue weighted by Crippen LogP contribution is 2.28. The molecule has 0 N–H and O–H groups in total. The first-order valence-electron chi connectivity index (χ1n) is 8.49. The van der Waals surface area contributed by atoms with Gasteiger partial charge in [-0.15, -0.1) is 11.3 Å². The molecule has 0 radical (unpaired) electrons. The lowest BCUT2D eigenvalue weighted by molar-refractivity contribution is 0.0599. The summed E-state index contributed by atoms with van der Waals surface area (Å²) < 4.78 is 5.21. The first kappa shape index (κ1) is 16.1. The average molecular weight is 352 g/mol. The van der Waals surface area contributed by atoms with Gasteiger partial charge in [0.15, 0.2) is 5.76 Å². The van der Waals surface area contributed by atoms with Crippen LogP contribution in [0.3, 0.4) is 0 Å². The van der Waals surface area contributed by atoms with Crippen molar-refractivity contribution in [3.8, 4) is 10.4 Å². The normalized spacial score (nSPS) is 15.4. The van der Waals surface area contributed by atoms with Crippen molar-refractivity contribution in [3.05, 3.63) is 71.5 Å². The molecule has 1 aromatic carbocycles. The van der Waals surface area contributed by atoms with E-state index >= 15 is 0 Å². The number of benzene rings is 1. The molecule has 1 saturated heterocycles. The topological polar surface area (TPSA) is 36.7 Å². The Bertz CT molecular complexity index is 819. The molecule has 1 amide bonds. The van der Waals surface area contributed by atoms with Gasteiger partial charge < -0.3 is 9.32 Å². The van der Waals surface area contributed by atoms with Crippen LogP contribution >= 0.6 is 11.3 Å². The zero-order chi connectivity index (χ0) is 17.1. The van der Waals surface area contributed by atoms with Crippen LogP contribution in [0, 0.1) is 0 Å². The Morgan fingerprint density at radius 3 is 2.48 bits per heavy atom. The van der Waals surface area contributed by atoms with Gasteiger partial charge >= 0.3 is 0 Å². The molecular formula is C20H20N2O2S. The standard InChI is InChI=1S/C20H20N2O2S/c23-20(18-7-4-14-24-18)22-12-10-21(11-13-22)15-17-8-9-19(25-17)16-5-2-1-3-6-16/h1-9,14H,10-13,15H2. The summed E-state index contributed by atoms with van der Waals surface area (Å²) in [5.41, 5.74) is 1.27. The van der Waals surface area contributed by atoms with E-state index in [2.05, 4.69) is 41.3 Å². The van der Waals surface area contributed by atoms with E-state index < -0.39 is 0 Å². The molecule has 1 aliphatic rings. The number of thiophene rings is 1. The van der Waals surface area contributed by atoms with Gasteiger partial charge in [-0.2, -0.15) is 0 Å². The van der Waals surface area contributed by atoms with Crippen LogP contribution in [0.15, 0.2) is 65.3 Å². The molecule has 0 saturated carbocycles. The van der Waals surface area contributed by atoms with E-state index in [0.717, 1.165) is 32.7 Å². The van der Waals surface area contributed by atoms with E-state index in [1.807, 2.05) is 22.3 Å². The molecule has 3 heterocycles. The van der Waals surface area contributed by atoms with Crippen molar-refractivity contribution in [3.63, 3.8) is 0 Å². The number of carbonyl (C=O) groups is 1. The van der Waals surface area contributed by atoms with Crippen molar-refractivity contribution in [2.24, 2.45) is 0 Å². The van der Waals surface area contributed by atoms with Gasteiger partial charge in [-0.05, 0) is 29.8 Å². The van der Waals surface area contributed by atoms with Gasteiger partial charge in [0.2, 0.25) is 0 Å². The van der Waals surface area contributed by atoms with E-state index in [1.54, 1.807) is 18.4 Å². The summed E-state index contributed by atoms with van der Waals surface area (Å²) in [5.74, 6) is 0.423. The molecule has 5 heteroatoms. The highest BCUT2D eigenvalue weighted by molar-refractivity contribution is 7.15. The number of piperazine rings is 1. The van der Waals surface area contributed by atoms with Crippen molar-refractivity contribution in [2.75, 3.05) is 26.2 Å². The summed E-state index contributed by atoms with van der Waals surface area (Å²) in [7, 11) is 0. The monoisotopic (exact) mass is 352 g/mol. The summed E-state index contributed by atoms with van der Waals surface area (Å²) in [4.78, 5) is 19.3. The van der Waals surface area contributed by atoms with Crippen molar-refractivity contribution < 1.29 is 9.21 Å². The molecule has 0 unspecified atom stereocenters. The van der Waals surface area contributed by atoms with Gasteiger partial charge in [-0.1, -0.05) is 30.3 Å². The molecule has 0 atom stereocenters. The fraction of sp³-hybridized carbons (Fsp3) is 0.250. The van der Waals surface area contributed by atoms with Crippen LogP contribution in [0.2, 0.25) is 0 Å². The Hall–Kier alpha value is -2.37. The molecule has 4 nitrogen and oxygen atoms in total. The van der Waals surface area contributed by atoms with Crippen LogP contribution in [0.5, 0.6) is 0 Å². The summed E-state index contributed by atoms with van der Waals surface area (Å²) >= 11 is 1.85. The predicted octanol–water partition coefficient (Wildman–Crippen LogP) is 3.97. The molecule has 0 spiro atoms. The van der Waals surface area contributed by atoms with E-state index in [1.165, 1.54) is 15.3 Å². The second-order valence-corrected chi connectivity index (χ2v) is 7.35. The highest BCUT2D eigenvalue weighted by atomic mass is 32.1. The van der Waals surface area contributed by atoms with Crippen LogP contribution in [0.25, 0.3) is 10.4 Å². The summed E-state index contributed by atoms with van der Waals surface area (Å²) in [6.07, 6.45) is 1.55. The lowest BCUT2D eigenvalue weighted by Crippen LogP contribution is -2.48. The Morgan fingerprint density at radius 2 is 1.76 bits per heavy atom. The fourth-order valence-corrected chi connectivity index (χ4v) is 4.16. The largest absolute Gasteiger partial charge is 0.459 e. The predicted molar refractivity (Wildman–Crippen MR) is 99.6 cm³/mol. The van der Waals surface area contributed by atoms with Crippen LogP contribution in [-0.4, -0.2) is 41.9 Å². The third kappa shape index (κ3) is 3.67. The number of hydrogen-bond donors (Lipinski definition) is 0. The van der Waals surface area contributed by atoms with Crippen molar-refractivity contribution in [1.82, 2.24) is 9.80 Å². The van der Waals surface area contributed by atoms with Crippen LogP contribution in [0.1, 0.15) is 15.4 Å². The highest BCUT2D eigenvalue weighted by Gasteiger charge is 2.23. The molecule has 2 aromatic heterocycles. The number of carbonyl (C=O) groups excluding carboxylic acids is 1. The first-order chi connectivity index (χ1) is 12.3. The van der Waals surface area contributed by atoms with Crippen LogP contribution < -0.4 is 0 Å². The lowest BCUT2D eigenvalue weighted by Gasteiger charge is -2.34. The number of nitrogens with zero attached hydrogens (tertiary/aromatic N) is 2. The van der Waals surface area contributed by atoms with Gasteiger partial charge in [0.1, 0.15) is 0 Å². The molecule has 1 fully saturated rings. The van der Waals surface area contributed by atoms with E-state index in [9.17, 15) is 4.79 Å². The lowest BCUT2D eigenvalue weighted by atomic mass is 10.2. The summed E-state index contributed by atoms with van der Waals surface area (Å²) in [5, 5.41) is 0. The minimum Gasteiger partial charge on any atom is -0.459 e. The van der Waals surface area contributed by atoms with Gasteiger partial charge in [0, 0.05) is 42.5 Å². The van der Waals surface area contributed by atoms with Crippen molar-refractivity contribution in [2.45, 2.75) is 6.54 Å². The number of furan rings is 1. The van der Waals surface area contributed by atoms with E-state index in [-0.39, 0.29) is 5.91 Å². The summed E-state index contributed by atoms with van der Waals surface area (Å²) in [6, 6.07) is 18.4. The Kier molecular flexibility index (Phi) is 4.68. The second-order valence-electron chi connectivity index (χ2n) is 6.18. The fourth-order valence-electron chi connectivity index (χ4n) is 3.11. The van der Waals surface area contributed by atoms with E-state index in [0.29, 0.717) is 5.76 Å². The zero-order valence-electron chi connectivity index (χ0n) is 13.9. The molecule has 25 heavy (non-hydrogen) atoms. The van der Waals surface area contributed by atoms with Crippen LogP contribution in [-0.2, 0) is 6.54 Å². The third-order valence-electron chi connectivity index (χ3n) is 4.49. The van der Waals surface area contributed by atoms with Gasteiger partial charge in [0.05, 0.1) is 6.26 Å². The molecular weight excluding hydrogens is 332 g/mol. The Morgan fingerprint density at radius 1 is 0.960 bits per heavy atom. The second kappa shape index (κ2) is 7.25. The van der Waals surface area contributed by atoms with Crippen LogP contribution in [0.4, 0.5) is 0 Å². The van der Waals surface area contributed by atoms with Crippen molar-refractivity contribution in [1.29, 1.82) is 0 Å². The van der Waals surface area contributed by atoms with E-state index in [4.69, 9.17) is 4.42 Å². The maximum atomic E-state index is 12.3. The SMILES string of the molecule is O=C(c1ccco1)N1CCN(Cc2ccc(-c3ccccc3)s2)CC1. The molecule has 3 aromatic rings. The molecule has 0 aliphatic carbocycles. The van der Waals surface area contributed by atoms with Gasteiger partial charge in [-0.3, -0.25) is 9.69 Å². The number of rotatable bonds is 4. The van der Waals surface area contributed by atoms with Gasteiger partial charge in [0.25, 0.3) is 5.91 Å². The van der Waals surface area contributed by atoms with Gasteiger partial charge in [-0.25, -0.2) is 0 Å². The smallest absolute Gasteiger partial charge is 0.289 e. The molecule has 1 aliphatic heterocycles. The Balaban J connectivity index is 1.33. The maximum Gasteiger partial charge on any atom is 0.289 e.